The van der Waals surface area contributed by atoms with Crippen molar-refractivity contribution in [1.29, 1.82) is 0 Å². The first-order valence-electron chi connectivity index (χ1n) is 11.1. The summed E-state index contributed by atoms with van der Waals surface area (Å²) in [5.41, 5.74) is 1.05. The van der Waals surface area contributed by atoms with Gasteiger partial charge in [-0.25, -0.2) is 13.2 Å². The minimum atomic E-state index is -3.43. The Kier molecular flexibility index (Phi) is 7.95. The van der Waals surface area contributed by atoms with E-state index < -0.39 is 10.0 Å². The molecule has 7 heteroatoms. The highest BCUT2D eigenvalue weighted by Gasteiger charge is 2.29. The summed E-state index contributed by atoms with van der Waals surface area (Å²) >= 11 is 0. The van der Waals surface area contributed by atoms with E-state index in [1.54, 1.807) is 16.4 Å². The highest BCUT2D eigenvalue weighted by atomic mass is 32.2. The zero-order valence-electron chi connectivity index (χ0n) is 17.5. The number of carbonyl (C=O) groups is 1. The van der Waals surface area contributed by atoms with Crippen LogP contribution >= 0.6 is 0 Å². The number of nitrogens with one attached hydrogen (secondary N) is 2. The molecule has 1 aliphatic carbocycles. The molecule has 2 fully saturated rings. The molecule has 2 N–H and O–H groups in total. The number of rotatable bonds is 5. The molecule has 3 rings (SSSR count). The van der Waals surface area contributed by atoms with E-state index >= 15 is 0 Å². The van der Waals surface area contributed by atoms with E-state index in [4.69, 9.17) is 0 Å². The van der Waals surface area contributed by atoms with Crippen LogP contribution in [0.15, 0.2) is 29.2 Å². The van der Waals surface area contributed by atoms with Crippen LogP contribution in [-0.2, 0) is 10.0 Å². The molecule has 2 aliphatic rings. The number of aryl methyl sites for hydroxylation is 1. The fourth-order valence-corrected chi connectivity index (χ4v) is 5.76. The van der Waals surface area contributed by atoms with Crippen LogP contribution in [0.4, 0.5) is 4.79 Å². The summed E-state index contributed by atoms with van der Waals surface area (Å²) < 4.78 is 27.2. The quantitative estimate of drug-likeness (QED) is 0.759. The Morgan fingerprint density at radius 2 is 1.55 bits per heavy atom. The lowest BCUT2D eigenvalue weighted by Crippen LogP contribution is -2.46. The van der Waals surface area contributed by atoms with Crippen molar-refractivity contribution in [3.63, 3.8) is 0 Å². The van der Waals surface area contributed by atoms with E-state index in [0.717, 1.165) is 31.2 Å². The van der Waals surface area contributed by atoms with Gasteiger partial charge < -0.3 is 10.6 Å². The molecule has 0 aromatic heterocycles. The van der Waals surface area contributed by atoms with Crippen LogP contribution < -0.4 is 10.6 Å². The molecule has 29 heavy (non-hydrogen) atoms. The molecule has 0 spiro atoms. The molecule has 2 amide bonds. The molecule has 1 saturated heterocycles. The van der Waals surface area contributed by atoms with Gasteiger partial charge in [-0.3, -0.25) is 0 Å². The van der Waals surface area contributed by atoms with E-state index in [2.05, 4.69) is 10.6 Å². The highest BCUT2D eigenvalue weighted by Crippen LogP contribution is 2.24. The first kappa shape index (κ1) is 22.1. The van der Waals surface area contributed by atoms with E-state index in [-0.39, 0.29) is 12.1 Å². The van der Waals surface area contributed by atoms with E-state index in [1.165, 1.54) is 32.1 Å². The molecule has 0 radical (unpaired) electrons. The van der Waals surface area contributed by atoms with E-state index in [1.807, 2.05) is 19.1 Å². The largest absolute Gasteiger partial charge is 0.338 e. The SMILES string of the molecule is Cc1ccc(S(=O)(=O)N2CCC(CNC(=O)NC3CCCCCCC3)CC2)cc1. The van der Waals surface area contributed by atoms with Crippen LogP contribution in [0, 0.1) is 12.8 Å². The fraction of sp³-hybridized carbons (Fsp3) is 0.682. The summed E-state index contributed by atoms with van der Waals surface area (Å²) in [7, 11) is -3.43. The van der Waals surface area contributed by atoms with Gasteiger partial charge in [-0.15, -0.1) is 0 Å². The topological polar surface area (TPSA) is 78.5 Å². The van der Waals surface area contributed by atoms with Gasteiger partial charge in [-0.1, -0.05) is 49.8 Å². The molecule has 6 nitrogen and oxygen atoms in total. The molecule has 1 aliphatic heterocycles. The molecular formula is C22H35N3O3S. The summed E-state index contributed by atoms with van der Waals surface area (Å²) in [6.45, 7) is 3.57. The van der Waals surface area contributed by atoms with Crippen LogP contribution in [0.25, 0.3) is 0 Å². The smallest absolute Gasteiger partial charge is 0.315 e. The number of carbonyl (C=O) groups excluding carboxylic acids is 1. The Hall–Kier alpha value is -1.60. The fourth-order valence-electron chi connectivity index (χ4n) is 4.29. The van der Waals surface area contributed by atoms with Gasteiger partial charge in [0.2, 0.25) is 10.0 Å². The second-order valence-corrected chi connectivity index (χ2v) is 10.5. The average Bonchev–Trinajstić information content (AvgIpc) is 2.69. The number of hydrogen-bond acceptors (Lipinski definition) is 3. The van der Waals surface area contributed by atoms with Gasteiger partial charge in [-0.2, -0.15) is 4.31 Å². The molecule has 0 atom stereocenters. The molecule has 1 aromatic rings. The number of piperidine rings is 1. The average molecular weight is 422 g/mol. The number of benzene rings is 1. The molecule has 162 valence electrons. The van der Waals surface area contributed by atoms with Crippen molar-refractivity contribution in [2.24, 2.45) is 5.92 Å². The Labute approximate surface area is 175 Å². The normalized spacial score (nSPS) is 20.6. The summed E-state index contributed by atoms with van der Waals surface area (Å²) in [6.07, 6.45) is 9.93. The third kappa shape index (κ3) is 6.44. The van der Waals surface area contributed by atoms with Gasteiger partial charge in [0, 0.05) is 25.7 Å². The van der Waals surface area contributed by atoms with Gasteiger partial charge in [0.15, 0.2) is 0 Å². The van der Waals surface area contributed by atoms with Crippen molar-refractivity contribution < 1.29 is 13.2 Å². The third-order valence-corrected chi connectivity index (χ3v) is 8.14. The lowest BCUT2D eigenvalue weighted by molar-refractivity contribution is 0.225. The summed E-state index contributed by atoms with van der Waals surface area (Å²) in [6, 6.07) is 7.23. The van der Waals surface area contributed by atoms with Crippen LogP contribution in [0.5, 0.6) is 0 Å². The maximum Gasteiger partial charge on any atom is 0.315 e. The van der Waals surface area contributed by atoms with Gasteiger partial charge in [0.1, 0.15) is 0 Å². The monoisotopic (exact) mass is 421 g/mol. The lowest BCUT2D eigenvalue weighted by Gasteiger charge is -2.31. The molecule has 1 aromatic carbocycles. The van der Waals surface area contributed by atoms with E-state index in [9.17, 15) is 13.2 Å². The van der Waals surface area contributed by atoms with Crippen molar-refractivity contribution in [3.05, 3.63) is 29.8 Å². The second kappa shape index (κ2) is 10.4. The Morgan fingerprint density at radius 3 is 2.17 bits per heavy atom. The molecule has 0 bridgehead atoms. The third-order valence-electron chi connectivity index (χ3n) is 6.22. The summed E-state index contributed by atoms with van der Waals surface area (Å²) in [5, 5.41) is 6.14. The van der Waals surface area contributed by atoms with Crippen molar-refractivity contribution in [2.45, 2.75) is 75.6 Å². The first-order valence-corrected chi connectivity index (χ1v) is 12.5. The predicted molar refractivity (Wildman–Crippen MR) is 115 cm³/mol. The number of urea groups is 1. The number of amides is 2. The number of sulfonamides is 1. The molecule has 0 unspecified atom stereocenters. The van der Waals surface area contributed by atoms with Gasteiger partial charge in [0.25, 0.3) is 0 Å². The minimum absolute atomic E-state index is 0.0784. The number of nitrogens with zero attached hydrogens (tertiary/aromatic N) is 1. The first-order chi connectivity index (χ1) is 13.9. The highest BCUT2D eigenvalue weighted by molar-refractivity contribution is 7.89. The van der Waals surface area contributed by atoms with Gasteiger partial charge >= 0.3 is 6.03 Å². The maximum absolute atomic E-state index is 12.8. The van der Waals surface area contributed by atoms with Gasteiger partial charge in [-0.05, 0) is 50.7 Å². The molecule has 1 saturated carbocycles. The maximum atomic E-state index is 12.8. The van der Waals surface area contributed by atoms with Crippen molar-refractivity contribution in [1.82, 2.24) is 14.9 Å². The van der Waals surface area contributed by atoms with E-state index in [0.29, 0.717) is 30.4 Å². The van der Waals surface area contributed by atoms with Crippen molar-refractivity contribution in [2.75, 3.05) is 19.6 Å². The second-order valence-electron chi connectivity index (χ2n) is 8.56. The standard InChI is InChI=1S/C22H35N3O3S/c1-18-9-11-21(12-10-18)29(27,28)25-15-13-19(14-16-25)17-23-22(26)24-20-7-5-3-2-4-6-8-20/h9-12,19-20H,2-8,13-17H2,1H3,(H2,23,24,26). The summed E-state index contributed by atoms with van der Waals surface area (Å²) in [4.78, 5) is 12.6. The Morgan fingerprint density at radius 1 is 0.966 bits per heavy atom. The molecule has 1 heterocycles. The Balaban J connectivity index is 1.41. The zero-order chi connectivity index (χ0) is 20.7. The van der Waals surface area contributed by atoms with Crippen molar-refractivity contribution >= 4 is 16.1 Å². The molecular weight excluding hydrogens is 386 g/mol. The Bertz CT molecular complexity index is 748. The predicted octanol–water partition coefficient (Wildman–Crippen LogP) is 3.81. The summed E-state index contributed by atoms with van der Waals surface area (Å²) in [5.74, 6) is 0.322. The van der Waals surface area contributed by atoms with Crippen LogP contribution in [-0.4, -0.2) is 44.4 Å². The zero-order valence-corrected chi connectivity index (χ0v) is 18.3. The van der Waals surface area contributed by atoms with Crippen LogP contribution in [0.1, 0.15) is 63.4 Å². The lowest BCUT2D eigenvalue weighted by atomic mass is 9.97. The van der Waals surface area contributed by atoms with Crippen LogP contribution in [0.2, 0.25) is 0 Å². The number of hydrogen-bond donors (Lipinski definition) is 2. The van der Waals surface area contributed by atoms with Gasteiger partial charge in [0.05, 0.1) is 4.90 Å². The van der Waals surface area contributed by atoms with Crippen molar-refractivity contribution in [3.8, 4) is 0 Å². The minimum Gasteiger partial charge on any atom is -0.338 e. The van der Waals surface area contributed by atoms with Crippen LogP contribution in [0.3, 0.4) is 0 Å².